The van der Waals surface area contributed by atoms with E-state index in [9.17, 15) is 9.59 Å². The fourth-order valence-electron chi connectivity index (χ4n) is 2.49. The van der Waals surface area contributed by atoms with E-state index in [1.54, 1.807) is 18.7 Å². The van der Waals surface area contributed by atoms with Gasteiger partial charge in [-0.1, -0.05) is 11.8 Å². The molecule has 1 atom stereocenters. The van der Waals surface area contributed by atoms with E-state index in [0.717, 1.165) is 19.3 Å². The van der Waals surface area contributed by atoms with Crippen LogP contribution < -0.4 is 0 Å². The molecule has 2 rings (SSSR count). The third kappa shape index (κ3) is 3.09. The molecular formula is C15H18N2O2. The van der Waals surface area contributed by atoms with Gasteiger partial charge in [-0.3, -0.25) is 9.59 Å². The smallest absolute Gasteiger partial charge is 0.299 e. The predicted octanol–water partition coefficient (Wildman–Crippen LogP) is 0.625. The van der Waals surface area contributed by atoms with Gasteiger partial charge in [-0.2, -0.15) is 0 Å². The summed E-state index contributed by atoms with van der Waals surface area (Å²) in [4.78, 5) is 27.4. The summed E-state index contributed by atoms with van der Waals surface area (Å²) in [6.07, 6.45) is 2.93. The molecule has 0 N–H and O–H groups in total. The zero-order valence-electron chi connectivity index (χ0n) is 11.4. The molecule has 2 amide bonds. The van der Waals surface area contributed by atoms with Gasteiger partial charge in [0.15, 0.2) is 0 Å². The first kappa shape index (κ1) is 13.5. The Kier molecular flexibility index (Phi) is 4.12. The first-order chi connectivity index (χ1) is 9.17. The van der Waals surface area contributed by atoms with Gasteiger partial charge < -0.3 is 9.80 Å². The van der Waals surface area contributed by atoms with Gasteiger partial charge >= 0.3 is 0 Å². The summed E-state index contributed by atoms with van der Waals surface area (Å²) in [6, 6.07) is 0.425. The zero-order chi connectivity index (χ0) is 13.8. The second-order valence-corrected chi connectivity index (χ2v) is 4.89. The fourth-order valence-corrected chi connectivity index (χ4v) is 2.49. The molecule has 1 saturated heterocycles. The lowest BCUT2D eigenvalue weighted by molar-refractivity contribution is -0.129. The molecule has 1 heterocycles. The highest BCUT2D eigenvalue weighted by molar-refractivity contribution is 5.95. The number of hydrogen-bond donors (Lipinski definition) is 0. The second kappa shape index (κ2) is 5.80. The van der Waals surface area contributed by atoms with Gasteiger partial charge in [-0.15, -0.1) is 0 Å². The van der Waals surface area contributed by atoms with Crippen LogP contribution in [0.15, 0.2) is 0 Å². The molecule has 4 nitrogen and oxygen atoms in total. The molecule has 0 spiro atoms. The van der Waals surface area contributed by atoms with E-state index in [0.29, 0.717) is 19.1 Å². The molecule has 0 aromatic carbocycles. The topological polar surface area (TPSA) is 40.6 Å². The van der Waals surface area contributed by atoms with E-state index in [4.69, 9.17) is 0 Å². The molecule has 0 bridgehead atoms. The average Bonchev–Trinajstić information content (AvgIpc) is 3.07. The Hall–Kier alpha value is -1.94. The molecule has 2 aliphatic rings. The number of carbonyl (C=O) groups is 2. The Labute approximate surface area is 114 Å². The molecule has 1 aliphatic carbocycles. The van der Waals surface area contributed by atoms with Crippen LogP contribution in [0, 0.1) is 23.7 Å². The summed E-state index contributed by atoms with van der Waals surface area (Å²) < 4.78 is 0. The van der Waals surface area contributed by atoms with Crippen molar-refractivity contribution in [3.05, 3.63) is 0 Å². The van der Waals surface area contributed by atoms with Crippen molar-refractivity contribution < 1.29 is 9.59 Å². The number of hydrogen-bond acceptors (Lipinski definition) is 2. The van der Waals surface area contributed by atoms with E-state index in [1.165, 1.54) is 0 Å². The molecule has 4 heteroatoms. The van der Waals surface area contributed by atoms with Gasteiger partial charge in [0.25, 0.3) is 11.8 Å². The molecule has 1 unspecified atom stereocenters. The summed E-state index contributed by atoms with van der Waals surface area (Å²) in [7, 11) is 0. The normalized spacial score (nSPS) is 20.9. The fraction of sp³-hybridized carbons (Fsp3) is 0.600. The van der Waals surface area contributed by atoms with Crippen LogP contribution in [0.25, 0.3) is 0 Å². The highest BCUT2D eigenvalue weighted by Gasteiger charge is 2.40. The van der Waals surface area contributed by atoms with Crippen LogP contribution in [-0.4, -0.2) is 46.8 Å². The molecule has 1 aliphatic heterocycles. The van der Waals surface area contributed by atoms with Crippen LogP contribution in [0.1, 0.15) is 33.1 Å². The lowest BCUT2D eigenvalue weighted by atomic mass is 10.2. The van der Waals surface area contributed by atoms with Crippen molar-refractivity contribution in [2.75, 3.05) is 13.1 Å². The summed E-state index contributed by atoms with van der Waals surface area (Å²) >= 11 is 0. The van der Waals surface area contributed by atoms with Crippen molar-refractivity contribution in [1.82, 2.24) is 9.80 Å². The van der Waals surface area contributed by atoms with Gasteiger partial charge in [0, 0.05) is 19.1 Å². The van der Waals surface area contributed by atoms with Crippen LogP contribution in [0.2, 0.25) is 0 Å². The van der Waals surface area contributed by atoms with Crippen LogP contribution >= 0.6 is 0 Å². The maximum absolute atomic E-state index is 12.0. The highest BCUT2D eigenvalue weighted by atomic mass is 16.2. The van der Waals surface area contributed by atoms with Gasteiger partial charge in [-0.05, 0) is 45.0 Å². The maximum atomic E-state index is 12.0. The van der Waals surface area contributed by atoms with Gasteiger partial charge in [-0.25, -0.2) is 0 Å². The van der Waals surface area contributed by atoms with Crippen LogP contribution in [0.3, 0.4) is 0 Å². The first-order valence-electron chi connectivity index (χ1n) is 6.64. The lowest BCUT2D eigenvalue weighted by Gasteiger charge is -2.27. The summed E-state index contributed by atoms with van der Waals surface area (Å²) in [5.74, 6) is 10.2. The van der Waals surface area contributed by atoms with Crippen molar-refractivity contribution in [2.45, 2.75) is 45.2 Å². The Morgan fingerprint density at radius 2 is 1.74 bits per heavy atom. The Balaban J connectivity index is 2.03. The quantitative estimate of drug-likeness (QED) is 0.681. The van der Waals surface area contributed by atoms with Gasteiger partial charge in [0.2, 0.25) is 0 Å². The summed E-state index contributed by atoms with van der Waals surface area (Å²) in [5.41, 5.74) is 0. The molecule has 0 aromatic heterocycles. The largest absolute Gasteiger partial charge is 0.330 e. The van der Waals surface area contributed by atoms with E-state index >= 15 is 0 Å². The first-order valence-corrected chi connectivity index (χ1v) is 6.64. The zero-order valence-corrected chi connectivity index (χ0v) is 11.4. The Morgan fingerprint density at radius 3 is 2.32 bits per heavy atom. The number of carbonyl (C=O) groups excluding carboxylic acids is 2. The van der Waals surface area contributed by atoms with E-state index in [-0.39, 0.29) is 17.9 Å². The molecule has 0 aromatic rings. The second-order valence-electron chi connectivity index (χ2n) is 4.89. The number of amides is 2. The minimum atomic E-state index is -0.144. The lowest BCUT2D eigenvalue weighted by Crippen LogP contribution is -2.43. The average molecular weight is 258 g/mol. The van der Waals surface area contributed by atoms with E-state index < -0.39 is 0 Å². The number of nitrogens with zero attached hydrogens (tertiary/aromatic N) is 2. The Morgan fingerprint density at radius 1 is 1.05 bits per heavy atom. The molecule has 19 heavy (non-hydrogen) atoms. The third-order valence-electron chi connectivity index (χ3n) is 3.48. The number of likely N-dealkylation sites (tertiary alicyclic amines) is 1. The van der Waals surface area contributed by atoms with Gasteiger partial charge in [0.1, 0.15) is 0 Å². The van der Waals surface area contributed by atoms with Crippen molar-refractivity contribution in [2.24, 2.45) is 0 Å². The highest BCUT2D eigenvalue weighted by Crippen LogP contribution is 2.31. The molecule has 100 valence electrons. The van der Waals surface area contributed by atoms with Crippen molar-refractivity contribution in [3.8, 4) is 23.7 Å². The molecule has 2 fully saturated rings. The van der Waals surface area contributed by atoms with Crippen molar-refractivity contribution in [3.63, 3.8) is 0 Å². The molecule has 1 saturated carbocycles. The SMILES string of the molecule is CC#CC(=O)N1CCC(N(C(=O)C#CC)C2CC2)C1. The summed E-state index contributed by atoms with van der Waals surface area (Å²) in [5, 5.41) is 0. The standard InChI is InChI=1S/C15H18N2O2/c1-3-5-14(18)16-10-9-13(11-16)17(12-7-8-12)15(19)6-4-2/h12-13H,7-11H2,1-2H3. The maximum Gasteiger partial charge on any atom is 0.299 e. The monoisotopic (exact) mass is 258 g/mol. The van der Waals surface area contributed by atoms with Crippen LogP contribution in [0.5, 0.6) is 0 Å². The van der Waals surface area contributed by atoms with Crippen molar-refractivity contribution in [1.29, 1.82) is 0 Å². The van der Waals surface area contributed by atoms with Crippen LogP contribution in [0.4, 0.5) is 0 Å². The third-order valence-corrected chi connectivity index (χ3v) is 3.48. The van der Waals surface area contributed by atoms with E-state index in [2.05, 4.69) is 23.7 Å². The van der Waals surface area contributed by atoms with Crippen molar-refractivity contribution >= 4 is 11.8 Å². The minimum Gasteiger partial charge on any atom is -0.330 e. The Bertz CT molecular complexity index is 500. The molecule has 0 radical (unpaired) electrons. The minimum absolute atomic E-state index is 0.100. The summed E-state index contributed by atoms with van der Waals surface area (Å²) in [6.45, 7) is 4.59. The number of rotatable bonds is 2. The predicted molar refractivity (Wildman–Crippen MR) is 71.8 cm³/mol. The van der Waals surface area contributed by atoms with E-state index in [1.807, 2.05) is 4.90 Å². The van der Waals surface area contributed by atoms with Gasteiger partial charge in [0.05, 0.1) is 6.04 Å². The molecular weight excluding hydrogens is 240 g/mol. The van der Waals surface area contributed by atoms with Crippen LogP contribution in [-0.2, 0) is 9.59 Å².